The molecular formula is C10H9F13N2O. The Morgan fingerprint density at radius 3 is 1.35 bits per heavy atom. The molecule has 0 aromatic carbocycles. The van der Waals surface area contributed by atoms with Gasteiger partial charge in [-0.25, -0.2) is 0 Å². The number of rotatable bonds is 8. The molecule has 0 heterocycles. The maximum absolute atomic E-state index is 13.3. The molecule has 0 rings (SSSR count). The lowest BCUT2D eigenvalue weighted by atomic mass is 9.90. The van der Waals surface area contributed by atoms with E-state index in [0.717, 1.165) is 0 Å². The van der Waals surface area contributed by atoms with Crippen molar-refractivity contribution in [2.45, 2.75) is 54.7 Å². The highest BCUT2D eigenvalue weighted by atomic mass is 19.4. The van der Waals surface area contributed by atoms with Gasteiger partial charge in [0.05, 0.1) is 0 Å². The van der Waals surface area contributed by atoms with Crippen LogP contribution >= 0.6 is 0 Å². The number of amides is 1. The van der Waals surface area contributed by atoms with Gasteiger partial charge in [-0.15, -0.1) is 0 Å². The second-order valence-electron chi connectivity index (χ2n) is 5.13. The van der Waals surface area contributed by atoms with Crippen LogP contribution in [-0.2, 0) is 4.79 Å². The highest BCUT2D eigenvalue weighted by Gasteiger charge is 2.90. The van der Waals surface area contributed by atoms with Crippen molar-refractivity contribution in [3.63, 3.8) is 0 Å². The SMILES string of the molecule is NC(=O)CC(N)CC(F)(F)C(F)(F)C(F)(F)C(F)(F)C(F)(F)C(F)(F)F. The van der Waals surface area contributed by atoms with Crippen molar-refractivity contribution in [1.82, 2.24) is 0 Å². The second kappa shape index (κ2) is 6.60. The summed E-state index contributed by atoms with van der Waals surface area (Å²) in [5.41, 5.74) is 9.13. The molecule has 1 atom stereocenters. The van der Waals surface area contributed by atoms with Crippen LogP contribution in [0.4, 0.5) is 57.1 Å². The van der Waals surface area contributed by atoms with Crippen molar-refractivity contribution in [1.29, 1.82) is 0 Å². The number of hydrogen-bond acceptors (Lipinski definition) is 2. The van der Waals surface area contributed by atoms with Crippen molar-refractivity contribution in [3.8, 4) is 0 Å². The highest BCUT2D eigenvalue weighted by Crippen LogP contribution is 2.60. The number of carbonyl (C=O) groups is 1. The maximum Gasteiger partial charge on any atom is 0.460 e. The summed E-state index contributed by atoms with van der Waals surface area (Å²) in [6.07, 6.45) is -11.4. The van der Waals surface area contributed by atoms with Gasteiger partial charge in [0.1, 0.15) is 0 Å². The lowest BCUT2D eigenvalue weighted by Crippen LogP contribution is -2.70. The Hall–Kier alpha value is -1.48. The van der Waals surface area contributed by atoms with Gasteiger partial charge in [-0.3, -0.25) is 4.79 Å². The van der Waals surface area contributed by atoms with Crippen LogP contribution in [-0.4, -0.2) is 47.7 Å². The van der Waals surface area contributed by atoms with E-state index in [0.29, 0.717) is 0 Å². The molecule has 0 aliphatic carbocycles. The molecule has 1 unspecified atom stereocenters. The molecule has 3 nitrogen and oxygen atoms in total. The van der Waals surface area contributed by atoms with Crippen molar-refractivity contribution in [2.24, 2.45) is 11.5 Å². The van der Waals surface area contributed by atoms with Crippen LogP contribution in [0.2, 0.25) is 0 Å². The van der Waals surface area contributed by atoms with Gasteiger partial charge >= 0.3 is 35.8 Å². The Morgan fingerprint density at radius 2 is 1.04 bits per heavy atom. The third-order valence-corrected chi connectivity index (χ3v) is 2.98. The number of primary amides is 1. The number of nitrogens with two attached hydrogens (primary N) is 2. The largest absolute Gasteiger partial charge is 0.460 e. The van der Waals surface area contributed by atoms with Gasteiger partial charge in [0.15, 0.2) is 0 Å². The van der Waals surface area contributed by atoms with Crippen molar-refractivity contribution < 1.29 is 61.9 Å². The Labute approximate surface area is 135 Å². The van der Waals surface area contributed by atoms with Crippen LogP contribution in [0, 0.1) is 0 Å². The summed E-state index contributed by atoms with van der Waals surface area (Å²) in [6, 6.07) is -2.42. The molecule has 156 valence electrons. The first-order chi connectivity index (χ1) is 11.1. The molecule has 16 heteroatoms. The minimum absolute atomic E-state index is 1.33. The molecule has 0 saturated carbocycles. The average Bonchev–Trinajstić information content (AvgIpc) is 2.34. The summed E-state index contributed by atoms with van der Waals surface area (Å²) >= 11 is 0. The Bertz CT molecular complexity index is 528. The summed E-state index contributed by atoms with van der Waals surface area (Å²) < 4.78 is 166. The zero-order valence-corrected chi connectivity index (χ0v) is 12.0. The summed E-state index contributed by atoms with van der Waals surface area (Å²) in [4.78, 5) is 10.4. The number of carbonyl (C=O) groups excluding carboxylic acids is 1. The summed E-state index contributed by atoms with van der Waals surface area (Å²) in [6.45, 7) is 0. The van der Waals surface area contributed by atoms with Gasteiger partial charge in [0.25, 0.3) is 0 Å². The predicted molar refractivity (Wildman–Crippen MR) is 57.2 cm³/mol. The Kier molecular flexibility index (Phi) is 6.22. The van der Waals surface area contributed by atoms with Crippen LogP contribution in [0.25, 0.3) is 0 Å². The van der Waals surface area contributed by atoms with E-state index < -0.39 is 60.6 Å². The number of alkyl halides is 13. The number of hydrogen-bond donors (Lipinski definition) is 2. The van der Waals surface area contributed by atoms with Gasteiger partial charge in [-0.2, -0.15) is 57.1 Å². The van der Waals surface area contributed by atoms with Crippen molar-refractivity contribution >= 4 is 5.91 Å². The van der Waals surface area contributed by atoms with E-state index in [2.05, 4.69) is 5.73 Å². The van der Waals surface area contributed by atoms with Gasteiger partial charge in [0.2, 0.25) is 5.91 Å². The van der Waals surface area contributed by atoms with E-state index >= 15 is 0 Å². The zero-order valence-electron chi connectivity index (χ0n) is 12.0. The smallest absolute Gasteiger partial charge is 0.370 e. The molecule has 0 fully saturated rings. The number of halogens is 13. The molecule has 0 spiro atoms. The minimum Gasteiger partial charge on any atom is -0.370 e. The third kappa shape index (κ3) is 3.78. The normalized spacial score (nSPS) is 16.5. The fourth-order valence-corrected chi connectivity index (χ4v) is 1.59. The zero-order chi connectivity index (χ0) is 21.6. The Balaban J connectivity index is 6.04. The van der Waals surface area contributed by atoms with E-state index in [4.69, 9.17) is 5.73 Å². The van der Waals surface area contributed by atoms with E-state index in [1.54, 1.807) is 0 Å². The lowest BCUT2D eigenvalue weighted by molar-refractivity contribution is -0.440. The molecule has 26 heavy (non-hydrogen) atoms. The molecule has 0 radical (unpaired) electrons. The monoisotopic (exact) mass is 420 g/mol. The minimum atomic E-state index is -7.96. The van der Waals surface area contributed by atoms with E-state index in [1.165, 1.54) is 0 Å². The highest BCUT2D eigenvalue weighted by molar-refractivity contribution is 5.74. The second-order valence-corrected chi connectivity index (χ2v) is 5.13. The van der Waals surface area contributed by atoms with Crippen LogP contribution in [0.5, 0.6) is 0 Å². The molecule has 0 bridgehead atoms. The summed E-state index contributed by atoms with van der Waals surface area (Å²) in [5.74, 6) is -38.8. The van der Waals surface area contributed by atoms with Crippen molar-refractivity contribution in [2.75, 3.05) is 0 Å². The van der Waals surface area contributed by atoms with Gasteiger partial charge in [0, 0.05) is 18.9 Å². The topological polar surface area (TPSA) is 69.1 Å². The first-order valence-electron chi connectivity index (χ1n) is 6.06. The summed E-state index contributed by atoms with van der Waals surface area (Å²) in [7, 11) is 0. The molecule has 0 aromatic rings. The molecule has 0 aliphatic heterocycles. The van der Waals surface area contributed by atoms with E-state index in [-0.39, 0.29) is 0 Å². The van der Waals surface area contributed by atoms with Gasteiger partial charge in [-0.05, 0) is 0 Å². The Morgan fingerprint density at radius 1 is 0.692 bits per heavy atom. The van der Waals surface area contributed by atoms with Crippen LogP contribution in [0.15, 0.2) is 0 Å². The predicted octanol–water partition coefficient (Wildman–Crippen LogP) is 3.32. The average molecular weight is 420 g/mol. The van der Waals surface area contributed by atoms with Gasteiger partial charge < -0.3 is 11.5 Å². The molecule has 0 saturated heterocycles. The van der Waals surface area contributed by atoms with Crippen molar-refractivity contribution in [3.05, 3.63) is 0 Å². The fourth-order valence-electron chi connectivity index (χ4n) is 1.59. The standard InChI is InChI=1S/C10H9F13N2O/c11-5(12,2-3(24)1-4(25)26)6(13,14)7(15,16)8(17,18)9(19,20)10(21,22)23/h3H,1-2,24H2,(H2,25,26). The summed E-state index contributed by atoms with van der Waals surface area (Å²) in [5, 5.41) is 0. The van der Waals surface area contributed by atoms with Crippen LogP contribution in [0.3, 0.4) is 0 Å². The third-order valence-electron chi connectivity index (χ3n) is 2.98. The quantitative estimate of drug-likeness (QED) is 0.592. The van der Waals surface area contributed by atoms with Crippen LogP contribution < -0.4 is 11.5 Å². The molecular weight excluding hydrogens is 411 g/mol. The fraction of sp³-hybridized carbons (Fsp3) is 0.900. The van der Waals surface area contributed by atoms with E-state index in [9.17, 15) is 61.9 Å². The molecule has 1 amide bonds. The first-order valence-corrected chi connectivity index (χ1v) is 6.06. The lowest BCUT2D eigenvalue weighted by Gasteiger charge is -2.40. The molecule has 4 N–H and O–H groups in total. The molecule has 0 aromatic heterocycles. The first kappa shape index (κ1) is 24.5. The van der Waals surface area contributed by atoms with Gasteiger partial charge in [-0.1, -0.05) is 0 Å². The van der Waals surface area contributed by atoms with E-state index in [1.807, 2.05) is 0 Å². The maximum atomic E-state index is 13.3. The van der Waals surface area contributed by atoms with Crippen LogP contribution in [0.1, 0.15) is 12.8 Å². The molecule has 0 aliphatic rings.